The van der Waals surface area contributed by atoms with E-state index in [1.54, 1.807) is 0 Å². The van der Waals surface area contributed by atoms with Crippen LogP contribution in [-0.2, 0) is 41.8 Å². The first-order chi connectivity index (χ1) is 30.1. The molecule has 0 aromatic carbocycles. The Labute approximate surface area is 380 Å². The summed E-state index contributed by atoms with van der Waals surface area (Å²) in [5, 5.41) is 19.5. The first-order valence-corrected chi connectivity index (χ1v) is 26.8. The van der Waals surface area contributed by atoms with E-state index in [1.165, 1.54) is 77.0 Å². The van der Waals surface area contributed by atoms with Gasteiger partial charge in [-0.15, -0.1) is 0 Å². The molecule has 0 spiro atoms. The van der Waals surface area contributed by atoms with Crippen LogP contribution in [0.2, 0.25) is 0 Å². The monoisotopic (exact) mass is 937 g/mol. The number of hydrogen-bond acceptors (Lipinski definition) is 11. The molecule has 4 atom stereocenters. The first kappa shape index (κ1) is 61.0. The number of phosphoric acid groups is 2. The molecule has 0 amide bonds. The summed E-state index contributed by atoms with van der Waals surface area (Å²) in [6.07, 6.45) is 38.8. The molecule has 0 aliphatic rings. The van der Waals surface area contributed by atoms with Gasteiger partial charge in [-0.05, 0) is 57.3 Å². The minimum Gasteiger partial charge on any atom is -0.462 e. The number of aliphatic hydroxyl groups excluding tert-OH is 2. The van der Waals surface area contributed by atoms with E-state index in [9.17, 15) is 33.8 Å². The van der Waals surface area contributed by atoms with Gasteiger partial charge in [-0.1, -0.05) is 172 Å². The zero-order valence-corrected chi connectivity index (χ0v) is 40.7. The van der Waals surface area contributed by atoms with E-state index >= 15 is 0 Å². The minimum absolute atomic E-state index is 0.105. The molecule has 2 unspecified atom stereocenters. The fourth-order valence-corrected chi connectivity index (χ4v) is 7.52. The van der Waals surface area contributed by atoms with Crippen LogP contribution in [0.25, 0.3) is 0 Å². The van der Waals surface area contributed by atoms with Gasteiger partial charge in [0.2, 0.25) is 0 Å². The smallest absolute Gasteiger partial charge is 0.462 e. The molecular formula is C47H86O14P2. The van der Waals surface area contributed by atoms with Crippen molar-refractivity contribution in [1.82, 2.24) is 0 Å². The average Bonchev–Trinajstić information content (AvgIpc) is 3.22. The number of rotatable bonds is 44. The van der Waals surface area contributed by atoms with E-state index in [2.05, 4.69) is 60.2 Å². The summed E-state index contributed by atoms with van der Waals surface area (Å²) in [5.41, 5.74) is 0. The van der Waals surface area contributed by atoms with Crippen LogP contribution in [0, 0.1) is 5.92 Å². The van der Waals surface area contributed by atoms with Gasteiger partial charge in [-0.2, -0.15) is 0 Å². The SMILES string of the molecule is CCCC(O)C/C=C\C/C=C\C/C=C\C/C=C\CCCC(=O)OC[C@H](COP(=O)(O)OC[C@@H](O)COP(=O)(O)O)OC(=O)CCCCCCCCCCCCCCCCCC(C)C. The van der Waals surface area contributed by atoms with Gasteiger partial charge in [-0.25, -0.2) is 9.13 Å². The van der Waals surface area contributed by atoms with E-state index in [-0.39, 0.29) is 18.9 Å². The van der Waals surface area contributed by atoms with Crippen LogP contribution >= 0.6 is 15.6 Å². The second kappa shape index (κ2) is 41.5. The number of ether oxygens (including phenoxy) is 2. The molecule has 0 aromatic heterocycles. The van der Waals surface area contributed by atoms with Crippen molar-refractivity contribution in [2.45, 2.75) is 206 Å². The van der Waals surface area contributed by atoms with Crippen LogP contribution in [0.15, 0.2) is 48.6 Å². The zero-order valence-electron chi connectivity index (χ0n) is 38.9. The Kier molecular flexibility index (Phi) is 40.2. The molecule has 0 rings (SSSR count). The Morgan fingerprint density at radius 2 is 0.984 bits per heavy atom. The van der Waals surface area contributed by atoms with Crippen molar-refractivity contribution in [2.24, 2.45) is 5.92 Å². The van der Waals surface area contributed by atoms with Gasteiger partial charge in [0.25, 0.3) is 0 Å². The Bertz CT molecular complexity index is 1330. The third-order valence-electron chi connectivity index (χ3n) is 9.94. The highest BCUT2D eigenvalue weighted by atomic mass is 31.2. The Morgan fingerprint density at radius 1 is 0.524 bits per heavy atom. The van der Waals surface area contributed by atoms with E-state index in [4.69, 9.17) is 23.8 Å². The van der Waals surface area contributed by atoms with E-state index in [1.807, 2.05) is 18.2 Å². The molecule has 0 aliphatic carbocycles. The fraction of sp³-hybridized carbons (Fsp3) is 0.787. The molecule has 0 aromatic rings. The standard InChI is InChI=1S/C47H86O14P2/c1-4-33-43(48)35-30-26-22-18-14-10-8-12-15-19-23-27-31-36-46(50)57-40-45(41-60-63(55,56)59-39-44(49)38-58-62(52,53)54)61-47(51)37-32-28-24-20-16-11-7-5-6-9-13-17-21-25-29-34-42(2)3/h8,12,14,18-19,23,26,30,42-45,48-49H,4-7,9-11,13,15-17,20-22,24-25,27-29,31-41H2,1-3H3,(H,55,56)(H2,52,53,54)/b12-8-,18-14-,23-19-,30-26-/t43?,44-,45+/m0/s1. The van der Waals surface area contributed by atoms with Crippen molar-refractivity contribution in [3.05, 3.63) is 48.6 Å². The lowest BCUT2D eigenvalue weighted by atomic mass is 10.0. The topological polar surface area (TPSA) is 216 Å². The molecule has 63 heavy (non-hydrogen) atoms. The Hall–Kier alpha value is -1.96. The highest BCUT2D eigenvalue weighted by Gasteiger charge is 2.28. The summed E-state index contributed by atoms with van der Waals surface area (Å²) >= 11 is 0. The highest BCUT2D eigenvalue weighted by Crippen LogP contribution is 2.43. The van der Waals surface area contributed by atoms with Crippen LogP contribution in [0.3, 0.4) is 0 Å². The maximum atomic E-state index is 12.7. The third-order valence-corrected chi connectivity index (χ3v) is 11.4. The van der Waals surface area contributed by atoms with Crippen LogP contribution < -0.4 is 0 Å². The van der Waals surface area contributed by atoms with Gasteiger partial charge >= 0.3 is 27.6 Å². The van der Waals surface area contributed by atoms with Gasteiger partial charge in [0.05, 0.1) is 25.9 Å². The lowest BCUT2D eigenvalue weighted by molar-refractivity contribution is -0.161. The van der Waals surface area contributed by atoms with E-state index in [0.717, 1.165) is 57.3 Å². The van der Waals surface area contributed by atoms with Crippen LogP contribution in [0.4, 0.5) is 0 Å². The normalized spacial score (nSPS) is 14.9. The summed E-state index contributed by atoms with van der Waals surface area (Å²) in [4.78, 5) is 52.8. The molecule has 368 valence electrons. The van der Waals surface area contributed by atoms with Gasteiger partial charge in [0.1, 0.15) is 12.7 Å². The van der Waals surface area contributed by atoms with Crippen molar-refractivity contribution >= 4 is 27.6 Å². The number of hydrogen-bond donors (Lipinski definition) is 5. The highest BCUT2D eigenvalue weighted by molar-refractivity contribution is 7.47. The van der Waals surface area contributed by atoms with Crippen molar-refractivity contribution in [3.63, 3.8) is 0 Å². The quantitative estimate of drug-likeness (QED) is 0.0166. The van der Waals surface area contributed by atoms with Gasteiger partial charge in [0.15, 0.2) is 6.10 Å². The lowest BCUT2D eigenvalue weighted by Gasteiger charge is -2.20. The molecule has 14 nitrogen and oxygen atoms in total. The maximum Gasteiger partial charge on any atom is 0.472 e. The first-order valence-electron chi connectivity index (χ1n) is 23.8. The van der Waals surface area contributed by atoms with Crippen LogP contribution in [0.5, 0.6) is 0 Å². The number of carbonyl (C=O) groups excluding carboxylic acids is 2. The van der Waals surface area contributed by atoms with Crippen molar-refractivity contribution in [1.29, 1.82) is 0 Å². The second-order valence-electron chi connectivity index (χ2n) is 16.7. The summed E-state index contributed by atoms with van der Waals surface area (Å²) in [6.45, 7) is 3.84. The molecule has 0 bridgehead atoms. The summed E-state index contributed by atoms with van der Waals surface area (Å²) < 4.78 is 47.8. The Morgan fingerprint density at radius 3 is 1.51 bits per heavy atom. The van der Waals surface area contributed by atoms with Crippen LogP contribution in [0.1, 0.15) is 188 Å². The second-order valence-corrected chi connectivity index (χ2v) is 19.4. The van der Waals surface area contributed by atoms with E-state index in [0.29, 0.717) is 25.7 Å². The largest absolute Gasteiger partial charge is 0.472 e. The summed E-state index contributed by atoms with van der Waals surface area (Å²) in [7, 11) is -9.70. The molecule has 0 heterocycles. The lowest BCUT2D eigenvalue weighted by Crippen LogP contribution is -2.30. The zero-order chi connectivity index (χ0) is 46.9. The summed E-state index contributed by atoms with van der Waals surface area (Å²) in [5.74, 6) is -0.303. The van der Waals surface area contributed by atoms with Gasteiger partial charge < -0.3 is 34.4 Å². The maximum absolute atomic E-state index is 12.7. The molecule has 0 fully saturated rings. The number of aliphatic hydroxyl groups is 2. The Balaban J connectivity index is 4.55. The van der Waals surface area contributed by atoms with Crippen molar-refractivity contribution in [2.75, 3.05) is 26.4 Å². The molecule has 0 saturated carbocycles. The number of phosphoric ester groups is 2. The fourth-order valence-electron chi connectivity index (χ4n) is 6.36. The molecule has 0 aliphatic heterocycles. The number of carbonyl (C=O) groups is 2. The van der Waals surface area contributed by atoms with Crippen molar-refractivity contribution < 1.29 is 66.7 Å². The predicted octanol–water partition coefficient (Wildman–Crippen LogP) is 11.4. The molecule has 0 saturated heterocycles. The number of unbranched alkanes of at least 4 members (excludes halogenated alkanes) is 15. The molecule has 16 heteroatoms. The minimum atomic E-state index is -4.87. The van der Waals surface area contributed by atoms with E-state index < -0.39 is 66.2 Å². The molecular weight excluding hydrogens is 850 g/mol. The van der Waals surface area contributed by atoms with Gasteiger partial charge in [-0.3, -0.25) is 23.2 Å². The molecule has 0 radical (unpaired) electrons. The third kappa shape index (κ3) is 46.4. The number of allylic oxidation sites excluding steroid dienone is 7. The van der Waals surface area contributed by atoms with Crippen molar-refractivity contribution in [3.8, 4) is 0 Å². The summed E-state index contributed by atoms with van der Waals surface area (Å²) in [6, 6.07) is 0. The van der Waals surface area contributed by atoms with Gasteiger partial charge in [0, 0.05) is 12.8 Å². The molecule has 5 N–H and O–H groups in total. The van der Waals surface area contributed by atoms with Crippen LogP contribution in [-0.4, -0.2) is 81.6 Å². The average molecular weight is 937 g/mol. The predicted molar refractivity (Wildman–Crippen MR) is 250 cm³/mol. The number of esters is 2.